The van der Waals surface area contributed by atoms with Gasteiger partial charge in [0.25, 0.3) is 0 Å². The molecule has 0 aliphatic rings. The molecule has 2 aromatic rings. The van der Waals surface area contributed by atoms with Gasteiger partial charge in [0.2, 0.25) is 0 Å². The van der Waals surface area contributed by atoms with Crippen molar-refractivity contribution in [2.24, 2.45) is 0 Å². The van der Waals surface area contributed by atoms with E-state index in [1.807, 2.05) is 12.1 Å². The van der Waals surface area contributed by atoms with Crippen LogP contribution in [0.5, 0.6) is 0 Å². The molecule has 0 fully saturated rings. The Bertz CT molecular complexity index is 428. The van der Waals surface area contributed by atoms with Gasteiger partial charge >= 0.3 is 0 Å². The second-order valence-corrected chi connectivity index (χ2v) is 5.54. The summed E-state index contributed by atoms with van der Waals surface area (Å²) in [5.41, 5.74) is 0. The van der Waals surface area contributed by atoms with Gasteiger partial charge in [-0.3, -0.25) is 0 Å². The van der Waals surface area contributed by atoms with Crippen LogP contribution in [-0.2, 0) is 12.3 Å². The summed E-state index contributed by atoms with van der Waals surface area (Å²) in [6.45, 7) is 3.98. The lowest BCUT2D eigenvalue weighted by molar-refractivity contribution is 0.459. The first-order valence-corrected chi connectivity index (χ1v) is 7.32. The zero-order chi connectivity index (χ0) is 11.9. The molecule has 17 heavy (non-hydrogen) atoms. The molecule has 0 unspecified atom stereocenters. The average Bonchev–Trinajstić information content (AvgIpc) is 2.98. The summed E-state index contributed by atoms with van der Waals surface area (Å²) < 4.78 is 10.6. The molecule has 2 aromatic heterocycles. The van der Waals surface area contributed by atoms with E-state index in [0.717, 1.165) is 41.1 Å². The van der Waals surface area contributed by atoms with Gasteiger partial charge in [0.05, 0.1) is 12.3 Å². The maximum atomic E-state index is 5.70. The van der Waals surface area contributed by atoms with Crippen molar-refractivity contribution in [3.05, 3.63) is 30.0 Å². The number of nitrogens with zero attached hydrogens (tertiary/aromatic N) is 2. The maximum absolute atomic E-state index is 5.70. The van der Waals surface area contributed by atoms with Crippen molar-refractivity contribution in [2.75, 3.05) is 6.54 Å². The zero-order valence-electron chi connectivity index (χ0n) is 9.68. The Balaban J connectivity index is 1.77. The van der Waals surface area contributed by atoms with Crippen molar-refractivity contribution in [2.45, 2.75) is 30.0 Å². The lowest BCUT2D eigenvalue weighted by Gasteiger charge is -1.99. The monoisotopic (exact) mass is 269 g/mol. The topological polar surface area (TPSA) is 51.0 Å². The molecule has 1 N–H and O–H groups in total. The van der Waals surface area contributed by atoms with Crippen LogP contribution in [0.25, 0.3) is 0 Å². The van der Waals surface area contributed by atoms with E-state index in [1.165, 1.54) is 11.5 Å². The van der Waals surface area contributed by atoms with Crippen molar-refractivity contribution in [3.63, 3.8) is 0 Å². The standard InChI is InChI=1S/C11H15N3OS2/c1-2-5-12-6-9-3-4-10(15-9)7-16-11-13-8-14-17-11/h3-4,8,12H,2,5-7H2,1H3. The lowest BCUT2D eigenvalue weighted by atomic mass is 10.4. The van der Waals surface area contributed by atoms with E-state index >= 15 is 0 Å². The molecule has 0 radical (unpaired) electrons. The quantitative estimate of drug-likeness (QED) is 0.618. The van der Waals surface area contributed by atoms with E-state index in [2.05, 4.69) is 21.6 Å². The smallest absolute Gasteiger partial charge is 0.170 e. The number of nitrogens with one attached hydrogen (secondary N) is 1. The number of hydrogen-bond donors (Lipinski definition) is 1. The van der Waals surface area contributed by atoms with Crippen LogP contribution in [0.1, 0.15) is 24.9 Å². The molecule has 2 heterocycles. The van der Waals surface area contributed by atoms with Crippen molar-refractivity contribution in [1.29, 1.82) is 0 Å². The SMILES string of the molecule is CCCNCc1ccc(CSc2ncns2)o1. The molecule has 0 saturated heterocycles. The molecule has 4 nitrogen and oxygen atoms in total. The summed E-state index contributed by atoms with van der Waals surface area (Å²) in [5.74, 6) is 2.79. The fourth-order valence-corrected chi connectivity index (χ4v) is 2.68. The van der Waals surface area contributed by atoms with Gasteiger partial charge in [-0.25, -0.2) is 4.98 Å². The minimum absolute atomic E-state index is 0.803. The number of hydrogen-bond acceptors (Lipinski definition) is 6. The summed E-state index contributed by atoms with van der Waals surface area (Å²) >= 11 is 3.07. The summed E-state index contributed by atoms with van der Waals surface area (Å²) in [6.07, 6.45) is 2.72. The summed E-state index contributed by atoms with van der Waals surface area (Å²) in [7, 11) is 0. The second kappa shape index (κ2) is 6.78. The minimum atomic E-state index is 0.803. The summed E-state index contributed by atoms with van der Waals surface area (Å²) in [4.78, 5) is 4.12. The molecule has 0 aromatic carbocycles. The van der Waals surface area contributed by atoms with Crippen LogP contribution in [0.2, 0.25) is 0 Å². The largest absolute Gasteiger partial charge is 0.464 e. The molecule has 0 saturated carbocycles. The van der Waals surface area contributed by atoms with Crippen LogP contribution < -0.4 is 5.32 Å². The van der Waals surface area contributed by atoms with E-state index in [1.54, 1.807) is 18.1 Å². The number of furan rings is 1. The van der Waals surface area contributed by atoms with Gasteiger partial charge < -0.3 is 9.73 Å². The van der Waals surface area contributed by atoms with E-state index in [4.69, 9.17) is 4.42 Å². The van der Waals surface area contributed by atoms with Gasteiger partial charge in [0, 0.05) is 0 Å². The van der Waals surface area contributed by atoms with Crippen molar-refractivity contribution in [1.82, 2.24) is 14.7 Å². The van der Waals surface area contributed by atoms with Gasteiger partial charge in [-0.05, 0) is 36.6 Å². The molecule has 2 rings (SSSR count). The molecule has 6 heteroatoms. The highest BCUT2D eigenvalue weighted by Crippen LogP contribution is 2.24. The van der Waals surface area contributed by atoms with Crippen LogP contribution in [0, 0.1) is 0 Å². The average molecular weight is 269 g/mol. The number of rotatable bonds is 7. The van der Waals surface area contributed by atoms with Crippen LogP contribution >= 0.6 is 23.3 Å². The van der Waals surface area contributed by atoms with E-state index < -0.39 is 0 Å². The van der Waals surface area contributed by atoms with E-state index in [-0.39, 0.29) is 0 Å². The number of aromatic nitrogens is 2. The fourth-order valence-electron chi connectivity index (χ4n) is 1.34. The lowest BCUT2D eigenvalue weighted by Crippen LogP contribution is -2.12. The van der Waals surface area contributed by atoms with Crippen LogP contribution in [0.15, 0.2) is 27.2 Å². The van der Waals surface area contributed by atoms with Gasteiger partial charge in [-0.2, -0.15) is 4.37 Å². The van der Waals surface area contributed by atoms with Gasteiger partial charge in [-0.15, -0.1) is 0 Å². The third-order valence-electron chi connectivity index (χ3n) is 2.12. The van der Waals surface area contributed by atoms with Gasteiger partial charge in [-0.1, -0.05) is 18.7 Å². The van der Waals surface area contributed by atoms with Crippen molar-refractivity contribution >= 4 is 23.3 Å². The van der Waals surface area contributed by atoms with Crippen molar-refractivity contribution < 1.29 is 4.42 Å². The normalized spacial score (nSPS) is 10.9. The van der Waals surface area contributed by atoms with E-state index in [0.29, 0.717) is 0 Å². The molecule has 92 valence electrons. The molecule has 0 bridgehead atoms. The molecule has 0 aliphatic heterocycles. The van der Waals surface area contributed by atoms with Crippen LogP contribution in [0.3, 0.4) is 0 Å². The summed E-state index contributed by atoms with van der Waals surface area (Å²) in [5, 5.41) is 3.31. The Morgan fingerprint density at radius 2 is 2.29 bits per heavy atom. The van der Waals surface area contributed by atoms with Gasteiger partial charge in [0.15, 0.2) is 4.34 Å². The fraction of sp³-hybridized carbons (Fsp3) is 0.455. The predicted molar refractivity (Wildman–Crippen MR) is 70.2 cm³/mol. The predicted octanol–water partition coefficient (Wildman–Crippen LogP) is 2.92. The Kier molecular flexibility index (Phi) is 5.03. The highest BCUT2D eigenvalue weighted by molar-refractivity contribution is 8.00. The maximum Gasteiger partial charge on any atom is 0.170 e. The highest BCUT2D eigenvalue weighted by atomic mass is 32.2. The molecular weight excluding hydrogens is 254 g/mol. The molecule has 0 atom stereocenters. The molecule has 0 aliphatic carbocycles. The third kappa shape index (κ3) is 4.14. The van der Waals surface area contributed by atoms with Crippen LogP contribution in [0.4, 0.5) is 0 Å². The van der Waals surface area contributed by atoms with E-state index in [9.17, 15) is 0 Å². The first-order chi connectivity index (χ1) is 8.38. The second-order valence-electron chi connectivity index (χ2n) is 3.54. The zero-order valence-corrected chi connectivity index (χ0v) is 11.3. The molecular formula is C11H15N3OS2. The Labute approximate surface area is 109 Å². The first kappa shape index (κ1) is 12.6. The Hall–Kier alpha value is -0.850. The highest BCUT2D eigenvalue weighted by Gasteiger charge is 2.04. The van der Waals surface area contributed by atoms with Crippen LogP contribution in [-0.4, -0.2) is 15.9 Å². The summed E-state index contributed by atoms with van der Waals surface area (Å²) in [6, 6.07) is 4.05. The molecule has 0 spiro atoms. The minimum Gasteiger partial charge on any atom is -0.464 e. The van der Waals surface area contributed by atoms with Gasteiger partial charge in [0.1, 0.15) is 17.8 Å². The first-order valence-electron chi connectivity index (χ1n) is 5.56. The Morgan fingerprint density at radius 1 is 1.41 bits per heavy atom. The Morgan fingerprint density at radius 3 is 3.06 bits per heavy atom. The molecule has 0 amide bonds. The number of thioether (sulfide) groups is 1. The third-order valence-corrected chi connectivity index (χ3v) is 3.94. The van der Waals surface area contributed by atoms with Crippen molar-refractivity contribution in [3.8, 4) is 0 Å².